The Bertz CT molecular complexity index is 603. The van der Waals surface area contributed by atoms with E-state index in [1.54, 1.807) is 11.8 Å². The second kappa shape index (κ2) is 5.41. The van der Waals surface area contributed by atoms with Gasteiger partial charge >= 0.3 is 5.97 Å². The van der Waals surface area contributed by atoms with Crippen LogP contribution in [0.5, 0.6) is 0 Å². The molecule has 1 aliphatic heterocycles. The van der Waals surface area contributed by atoms with Crippen molar-refractivity contribution in [2.75, 3.05) is 13.1 Å². The fourth-order valence-electron chi connectivity index (χ4n) is 3.46. The molecule has 2 fully saturated rings. The highest BCUT2D eigenvalue weighted by Crippen LogP contribution is 2.44. The first-order valence-electron chi connectivity index (χ1n) is 7.88. The van der Waals surface area contributed by atoms with Crippen molar-refractivity contribution in [2.45, 2.75) is 39.5 Å². The van der Waals surface area contributed by atoms with Crippen LogP contribution < -0.4 is 0 Å². The summed E-state index contributed by atoms with van der Waals surface area (Å²) in [5, 5.41) is 13.3. The summed E-state index contributed by atoms with van der Waals surface area (Å²) in [7, 11) is 0. The lowest BCUT2D eigenvalue weighted by Crippen LogP contribution is -2.31. The van der Waals surface area contributed by atoms with Crippen LogP contribution in [0.2, 0.25) is 0 Å². The van der Waals surface area contributed by atoms with Crippen molar-refractivity contribution >= 4 is 11.9 Å². The zero-order valence-corrected chi connectivity index (χ0v) is 13.2. The molecule has 1 saturated carbocycles. The number of likely N-dealkylation sites (tertiary alicyclic amines) is 1. The maximum absolute atomic E-state index is 12.8. The van der Waals surface area contributed by atoms with E-state index in [4.69, 9.17) is 4.52 Å². The second-order valence-electron chi connectivity index (χ2n) is 6.82. The Morgan fingerprint density at radius 2 is 2.00 bits per heavy atom. The molecule has 0 spiro atoms. The largest absolute Gasteiger partial charge is 0.481 e. The number of aliphatic carboxylic acids is 1. The molecule has 2 atom stereocenters. The molecule has 22 heavy (non-hydrogen) atoms. The third-order valence-electron chi connectivity index (χ3n) is 4.82. The van der Waals surface area contributed by atoms with Gasteiger partial charge < -0.3 is 14.5 Å². The minimum atomic E-state index is -0.793. The fraction of sp³-hybridized carbons (Fsp3) is 0.688. The number of hydrogen-bond donors (Lipinski definition) is 1. The summed E-state index contributed by atoms with van der Waals surface area (Å²) in [5.74, 6) is -0.174. The van der Waals surface area contributed by atoms with Gasteiger partial charge in [0, 0.05) is 19.0 Å². The highest BCUT2D eigenvalue weighted by molar-refractivity contribution is 5.97. The van der Waals surface area contributed by atoms with Crippen LogP contribution in [0, 0.1) is 24.7 Å². The van der Waals surface area contributed by atoms with E-state index in [9.17, 15) is 14.7 Å². The number of hydrogen-bond acceptors (Lipinski definition) is 4. The van der Waals surface area contributed by atoms with E-state index in [1.165, 1.54) is 0 Å². The van der Waals surface area contributed by atoms with Crippen molar-refractivity contribution in [1.29, 1.82) is 0 Å². The molecule has 1 N–H and O–H groups in total. The molecule has 0 bridgehead atoms. The van der Waals surface area contributed by atoms with Crippen LogP contribution in [0.1, 0.15) is 54.4 Å². The van der Waals surface area contributed by atoms with Gasteiger partial charge in [-0.1, -0.05) is 19.0 Å². The number of aryl methyl sites for hydroxylation is 1. The lowest BCUT2D eigenvalue weighted by Gasteiger charge is -2.17. The van der Waals surface area contributed by atoms with Gasteiger partial charge in [-0.3, -0.25) is 9.59 Å². The Hall–Kier alpha value is -1.85. The molecule has 2 heterocycles. The molecule has 0 radical (unpaired) electrons. The van der Waals surface area contributed by atoms with Gasteiger partial charge in [0.2, 0.25) is 0 Å². The number of rotatable bonds is 4. The van der Waals surface area contributed by atoms with E-state index in [0.717, 1.165) is 12.8 Å². The van der Waals surface area contributed by atoms with E-state index >= 15 is 0 Å². The molecular weight excluding hydrogens is 284 g/mol. The Morgan fingerprint density at radius 1 is 1.32 bits per heavy atom. The number of carboxylic acid groups (broad SMARTS) is 1. The van der Waals surface area contributed by atoms with Gasteiger partial charge in [0.05, 0.1) is 11.6 Å². The second-order valence-corrected chi connectivity index (χ2v) is 6.82. The molecule has 0 aromatic carbocycles. The van der Waals surface area contributed by atoms with Gasteiger partial charge in [0.15, 0.2) is 5.76 Å². The molecule has 6 nitrogen and oxygen atoms in total. The molecule has 0 unspecified atom stereocenters. The van der Waals surface area contributed by atoms with E-state index in [2.05, 4.69) is 5.16 Å². The lowest BCUT2D eigenvalue weighted by molar-refractivity contribution is -0.142. The average molecular weight is 306 g/mol. The number of nitrogens with zero attached hydrogens (tertiary/aromatic N) is 2. The molecule has 3 rings (SSSR count). The van der Waals surface area contributed by atoms with E-state index in [1.807, 2.05) is 13.8 Å². The molecule has 1 aliphatic carbocycles. The summed E-state index contributed by atoms with van der Waals surface area (Å²) < 4.78 is 5.28. The third-order valence-corrected chi connectivity index (χ3v) is 4.82. The zero-order chi connectivity index (χ0) is 16.0. The molecule has 1 aromatic rings. The molecule has 120 valence electrons. The van der Waals surface area contributed by atoms with Crippen molar-refractivity contribution in [2.24, 2.45) is 17.8 Å². The summed E-state index contributed by atoms with van der Waals surface area (Å²) in [5.41, 5.74) is 1.09. The molecule has 6 heteroatoms. The van der Waals surface area contributed by atoms with Crippen molar-refractivity contribution in [3.8, 4) is 0 Å². The van der Waals surface area contributed by atoms with Crippen LogP contribution >= 0.6 is 0 Å². The van der Waals surface area contributed by atoms with E-state index < -0.39 is 11.9 Å². The summed E-state index contributed by atoms with van der Waals surface area (Å²) in [6, 6.07) is 0. The topological polar surface area (TPSA) is 83.6 Å². The molecule has 1 amide bonds. The Kier molecular flexibility index (Phi) is 3.70. The monoisotopic (exact) mass is 306 g/mol. The Labute approximate surface area is 129 Å². The number of carbonyl (C=O) groups is 2. The van der Waals surface area contributed by atoms with Crippen molar-refractivity contribution in [1.82, 2.24) is 10.1 Å². The molecule has 2 aliphatic rings. The standard InChI is InChI=1S/C16H22N2O4/c1-8(2)14-13(9(3)17-22-14)15(19)18-6-11(10-4-5-10)12(7-18)16(20)21/h8,10-12H,4-7H2,1-3H3,(H,20,21)/t11-,12+/m1/s1. The summed E-state index contributed by atoms with van der Waals surface area (Å²) in [6.45, 7) is 6.48. The first-order valence-corrected chi connectivity index (χ1v) is 7.88. The predicted octanol–water partition coefficient (Wildman–Crippen LogP) is 2.29. The normalized spacial score (nSPS) is 25.0. The van der Waals surface area contributed by atoms with Crippen molar-refractivity contribution < 1.29 is 19.2 Å². The van der Waals surface area contributed by atoms with E-state index in [-0.39, 0.29) is 24.3 Å². The number of carbonyl (C=O) groups excluding carboxylic acids is 1. The molecule has 1 saturated heterocycles. The SMILES string of the molecule is Cc1noc(C(C)C)c1C(=O)N1C[C@H](C(=O)O)[C@@H](C2CC2)C1. The van der Waals surface area contributed by atoms with Crippen LogP contribution in [-0.4, -0.2) is 40.1 Å². The number of amides is 1. The highest BCUT2D eigenvalue weighted by atomic mass is 16.5. The third kappa shape index (κ3) is 2.51. The summed E-state index contributed by atoms with van der Waals surface area (Å²) in [6.07, 6.45) is 2.17. The van der Waals surface area contributed by atoms with Gasteiger partial charge in [-0.05, 0) is 31.6 Å². The first kappa shape index (κ1) is 15.1. The Morgan fingerprint density at radius 3 is 2.55 bits per heavy atom. The average Bonchev–Trinajstić information content (AvgIpc) is 3.07. The minimum absolute atomic E-state index is 0.0669. The first-order chi connectivity index (χ1) is 10.4. The quantitative estimate of drug-likeness (QED) is 0.922. The Balaban J connectivity index is 1.84. The van der Waals surface area contributed by atoms with Gasteiger partial charge in [0.25, 0.3) is 5.91 Å². The minimum Gasteiger partial charge on any atom is -0.481 e. The van der Waals surface area contributed by atoms with E-state index in [0.29, 0.717) is 29.5 Å². The van der Waals surface area contributed by atoms with Gasteiger partial charge in [-0.2, -0.15) is 0 Å². The summed E-state index contributed by atoms with van der Waals surface area (Å²) in [4.78, 5) is 26.0. The predicted molar refractivity (Wildman–Crippen MR) is 78.6 cm³/mol. The van der Waals surface area contributed by atoms with Crippen LogP contribution in [0.15, 0.2) is 4.52 Å². The molecule has 1 aromatic heterocycles. The van der Waals surface area contributed by atoms with Crippen LogP contribution in [0.3, 0.4) is 0 Å². The number of carboxylic acids is 1. The van der Waals surface area contributed by atoms with Crippen molar-refractivity contribution in [3.05, 3.63) is 17.0 Å². The highest BCUT2D eigenvalue weighted by Gasteiger charge is 2.47. The molecular formula is C16H22N2O4. The van der Waals surface area contributed by atoms with Gasteiger partial charge in [0.1, 0.15) is 5.56 Å². The van der Waals surface area contributed by atoms with Crippen LogP contribution in [0.4, 0.5) is 0 Å². The van der Waals surface area contributed by atoms with Crippen LogP contribution in [-0.2, 0) is 4.79 Å². The van der Waals surface area contributed by atoms with Gasteiger partial charge in [-0.15, -0.1) is 0 Å². The van der Waals surface area contributed by atoms with Crippen molar-refractivity contribution in [3.63, 3.8) is 0 Å². The maximum Gasteiger partial charge on any atom is 0.308 e. The number of aromatic nitrogens is 1. The summed E-state index contributed by atoms with van der Waals surface area (Å²) >= 11 is 0. The smallest absolute Gasteiger partial charge is 0.308 e. The van der Waals surface area contributed by atoms with Crippen LogP contribution in [0.25, 0.3) is 0 Å². The lowest BCUT2D eigenvalue weighted by atomic mass is 9.92. The zero-order valence-electron chi connectivity index (χ0n) is 13.2. The fourth-order valence-corrected chi connectivity index (χ4v) is 3.46. The maximum atomic E-state index is 12.8. The van der Waals surface area contributed by atoms with Gasteiger partial charge in [-0.25, -0.2) is 0 Å².